The molecule has 33 heavy (non-hydrogen) atoms. The van der Waals surface area contributed by atoms with Crippen LogP contribution in [-0.4, -0.2) is 22.2 Å². The Labute approximate surface area is 205 Å². The summed E-state index contributed by atoms with van der Waals surface area (Å²) in [5.41, 5.74) is -1.59. The Hall–Kier alpha value is -1.06. The number of aliphatic carboxylic acids is 2. The molecule has 0 unspecified atom stereocenters. The van der Waals surface area contributed by atoms with Gasteiger partial charge in [0.25, 0.3) is 0 Å². The maximum atomic E-state index is 11.4. The van der Waals surface area contributed by atoms with Crippen molar-refractivity contribution < 1.29 is 19.8 Å². The van der Waals surface area contributed by atoms with Crippen molar-refractivity contribution in [3.8, 4) is 0 Å². The summed E-state index contributed by atoms with van der Waals surface area (Å²) in [4.78, 5) is 22.7. The first-order valence-corrected chi connectivity index (χ1v) is 14.5. The normalized spacial score (nSPS) is 11.7. The summed E-state index contributed by atoms with van der Waals surface area (Å²) in [5, 5.41) is 18.6. The Balaban J connectivity index is 3.32. The van der Waals surface area contributed by atoms with Gasteiger partial charge in [-0.15, -0.1) is 0 Å². The molecule has 0 radical (unpaired) electrons. The molecule has 0 aliphatic heterocycles. The van der Waals surface area contributed by atoms with E-state index in [0.29, 0.717) is 6.42 Å². The van der Waals surface area contributed by atoms with Crippen LogP contribution in [0.3, 0.4) is 0 Å². The first-order chi connectivity index (χ1) is 16.0. The maximum Gasteiger partial charge on any atom is 0.321 e. The van der Waals surface area contributed by atoms with Gasteiger partial charge in [0.2, 0.25) is 0 Å². The highest BCUT2D eigenvalue weighted by Gasteiger charge is 2.44. The predicted molar refractivity (Wildman–Crippen MR) is 140 cm³/mol. The second-order valence-electron chi connectivity index (χ2n) is 10.2. The van der Waals surface area contributed by atoms with Crippen molar-refractivity contribution in [2.45, 2.75) is 168 Å². The summed E-state index contributed by atoms with van der Waals surface area (Å²) in [6, 6.07) is 0. The van der Waals surface area contributed by atoms with Crippen molar-refractivity contribution in [2.75, 3.05) is 0 Å². The zero-order valence-electron chi connectivity index (χ0n) is 22.2. The van der Waals surface area contributed by atoms with Crippen LogP contribution in [0.1, 0.15) is 168 Å². The average molecular weight is 469 g/mol. The highest BCUT2D eigenvalue weighted by atomic mass is 16.4. The van der Waals surface area contributed by atoms with Gasteiger partial charge in [-0.05, 0) is 12.8 Å². The largest absolute Gasteiger partial charge is 0.480 e. The van der Waals surface area contributed by atoms with Crippen molar-refractivity contribution in [3.05, 3.63) is 0 Å². The molecule has 0 saturated heterocycles. The molecule has 0 saturated carbocycles. The van der Waals surface area contributed by atoms with Crippen LogP contribution in [0.5, 0.6) is 0 Å². The monoisotopic (exact) mass is 468 g/mol. The van der Waals surface area contributed by atoms with Crippen molar-refractivity contribution in [3.63, 3.8) is 0 Å². The van der Waals surface area contributed by atoms with Gasteiger partial charge in [0.15, 0.2) is 5.41 Å². The van der Waals surface area contributed by atoms with Crippen molar-refractivity contribution >= 4 is 11.9 Å². The molecule has 0 aliphatic rings. The first-order valence-electron chi connectivity index (χ1n) is 14.5. The van der Waals surface area contributed by atoms with E-state index in [1.807, 2.05) is 0 Å². The summed E-state index contributed by atoms with van der Waals surface area (Å²) in [6.45, 7) is 3.93. The van der Waals surface area contributed by atoms with E-state index in [0.717, 1.165) is 12.8 Å². The van der Waals surface area contributed by atoms with Crippen LogP contribution in [-0.2, 0) is 9.59 Å². The molecule has 0 spiro atoms. The first kappa shape index (κ1) is 31.9. The third-order valence-corrected chi connectivity index (χ3v) is 7.38. The fourth-order valence-electron chi connectivity index (χ4n) is 4.82. The minimum Gasteiger partial charge on any atom is -0.480 e. The minimum absolute atomic E-state index is 0.150. The highest BCUT2D eigenvalue weighted by Crippen LogP contribution is 2.30. The van der Waals surface area contributed by atoms with Gasteiger partial charge in [0, 0.05) is 0 Å². The molecule has 0 amide bonds. The molecule has 4 heteroatoms. The van der Waals surface area contributed by atoms with Gasteiger partial charge in [-0.1, -0.05) is 155 Å². The smallest absolute Gasteiger partial charge is 0.321 e. The van der Waals surface area contributed by atoms with E-state index in [-0.39, 0.29) is 12.8 Å². The van der Waals surface area contributed by atoms with Crippen LogP contribution in [0, 0.1) is 5.41 Å². The van der Waals surface area contributed by atoms with Crippen LogP contribution in [0.2, 0.25) is 0 Å². The molecular weight excluding hydrogens is 412 g/mol. The quantitative estimate of drug-likeness (QED) is 0.0978. The molecule has 196 valence electrons. The molecule has 0 aromatic heterocycles. The summed E-state index contributed by atoms with van der Waals surface area (Å²) in [6.07, 6.45) is 29.3. The molecule has 2 N–H and O–H groups in total. The lowest BCUT2D eigenvalue weighted by atomic mass is 9.80. The third kappa shape index (κ3) is 17.1. The molecule has 0 heterocycles. The predicted octanol–water partition coefficient (Wildman–Crippen LogP) is 9.54. The summed E-state index contributed by atoms with van der Waals surface area (Å²) < 4.78 is 0. The molecule has 0 aliphatic carbocycles. The standard InChI is InChI=1S/C29H56O4/c1-3-5-6-7-8-9-10-11-12-13-14-15-16-17-18-19-20-21-22-23-24-25-26-29(4-2,27(30)31)28(32)33/h3-26H2,1-2H3,(H,30,31)(H,32,33). The van der Waals surface area contributed by atoms with E-state index < -0.39 is 17.4 Å². The van der Waals surface area contributed by atoms with Crippen LogP contribution < -0.4 is 0 Å². The van der Waals surface area contributed by atoms with E-state index in [1.165, 1.54) is 122 Å². The average Bonchev–Trinajstić information content (AvgIpc) is 2.79. The van der Waals surface area contributed by atoms with E-state index in [4.69, 9.17) is 0 Å². The minimum atomic E-state index is -1.59. The molecule has 0 aromatic rings. The van der Waals surface area contributed by atoms with Gasteiger partial charge in [-0.2, -0.15) is 0 Å². The second kappa shape index (κ2) is 22.7. The van der Waals surface area contributed by atoms with Crippen molar-refractivity contribution in [2.24, 2.45) is 5.41 Å². The zero-order chi connectivity index (χ0) is 24.6. The second-order valence-corrected chi connectivity index (χ2v) is 10.2. The molecule has 0 fully saturated rings. The highest BCUT2D eigenvalue weighted by molar-refractivity contribution is 5.98. The van der Waals surface area contributed by atoms with Gasteiger partial charge in [-0.3, -0.25) is 9.59 Å². The fraction of sp³-hybridized carbons (Fsp3) is 0.931. The van der Waals surface area contributed by atoms with Gasteiger partial charge >= 0.3 is 11.9 Å². The number of rotatable bonds is 26. The lowest BCUT2D eigenvalue weighted by Gasteiger charge is -2.22. The Kier molecular flexibility index (Phi) is 22.0. The Bertz CT molecular complexity index is 447. The Morgan fingerprint density at radius 2 is 0.697 bits per heavy atom. The van der Waals surface area contributed by atoms with Crippen molar-refractivity contribution in [1.29, 1.82) is 0 Å². The number of hydrogen-bond acceptors (Lipinski definition) is 2. The Morgan fingerprint density at radius 3 is 0.909 bits per heavy atom. The molecule has 0 atom stereocenters. The molecular formula is C29H56O4. The Morgan fingerprint density at radius 1 is 0.455 bits per heavy atom. The number of carbonyl (C=O) groups is 2. The number of hydrogen-bond donors (Lipinski definition) is 2. The van der Waals surface area contributed by atoms with Crippen LogP contribution in [0.15, 0.2) is 0 Å². The van der Waals surface area contributed by atoms with E-state index in [2.05, 4.69) is 6.92 Å². The van der Waals surface area contributed by atoms with Gasteiger partial charge < -0.3 is 10.2 Å². The van der Waals surface area contributed by atoms with Crippen molar-refractivity contribution in [1.82, 2.24) is 0 Å². The molecule has 0 rings (SSSR count). The SMILES string of the molecule is CCCCCCCCCCCCCCCCCCCCCCCCC(CC)(C(=O)O)C(=O)O. The van der Waals surface area contributed by atoms with E-state index in [9.17, 15) is 19.8 Å². The summed E-state index contributed by atoms with van der Waals surface area (Å²) in [5.74, 6) is -2.39. The van der Waals surface area contributed by atoms with Crippen LogP contribution in [0.4, 0.5) is 0 Å². The zero-order valence-corrected chi connectivity index (χ0v) is 22.2. The topological polar surface area (TPSA) is 74.6 Å². The van der Waals surface area contributed by atoms with E-state index in [1.54, 1.807) is 6.92 Å². The lowest BCUT2D eigenvalue weighted by molar-refractivity contribution is -0.165. The number of unbranched alkanes of at least 4 members (excludes halogenated alkanes) is 21. The third-order valence-electron chi connectivity index (χ3n) is 7.38. The molecule has 4 nitrogen and oxygen atoms in total. The van der Waals surface area contributed by atoms with E-state index >= 15 is 0 Å². The lowest BCUT2D eigenvalue weighted by Crippen LogP contribution is -2.38. The maximum absolute atomic E-state index is 11.4. The number of carboxylic acid groups (broad SMARTS) is 2. The summed E-state index contributed by atoms with van der Waals surface area (Å²) in [7, 11) is 0. The fourth-order valence-corrected chi connectivity index (χ4v) is 4.82. The molecule has 0 bridgehead atoms. The van der Waals surface area contributed by atoms with Crippen LogP contribution in [0.25, 0.3) is 0 Å². The van der Waals surface area contributed by atoms with Gasteiger partial charge in [-0.25, -0.2) is 0 Å². The van der Waals surface area contributed by atoms with Gasteiger partial charge in [0.05, 0.1) is 0 Å². The van der Waals surface area contributed by atoms with Crippen LogP contribution >= 0.6 is 0 Å². The summed E-state index contributed by atoms with van der Waals surface area (Å²) >= 11 is 0. The van der Waals surface area contributed by atoms with Gasteiger partial charge in [0.1, 0.15) is 0 Å². The molecule has 0 aromatic carbocycles. The number of carboxylic acids is 2.